The molecule has 6 heteroatoms. The van der Waals surface area contributed by atoms with Crippen molar-refractivity contribution >= 4 is 27.8 Å². The smallest absolute Gasteiger partial charge is 0.340 e. The van der Waals surface area contributed by atoms with Crippen molar-refractivity contribution in [2.24, 2.45) is 5.92 Å². The Kier molecular flexibility index (Phi) is 5.29. The van der Waals surface area contributed by atoms with Crippen LogP contribution in [-0.4, -0.2) is 34.6 Å². The Bertz CT molecular complexity index is 1480. The van der Waals surface area contributed by atoms with E-state index in [4.69, 9.17) is 8.83 Å². The Balaban J connectivity index is 1.33. The van der Waals surface area contributed by atoms with Gasteiger partial charge in [0.15, 0.2) is 0 Å². The van der Waals surface area contributed by atoms with Gasteiger partial charge in [-0.15, -0.1) is 0 Å². The third-order valence-corrected chi connectivity index (χ3v) is 8.17. The number of aliphatic hydroxyl groups is 1. The number of fused-ring (bicyclic) bond motifs is 3. The zero-order valence-corrected chi connectivity index (χ0v) is 19.9. The van der Waals surface area contributed by atoms with Gasteiger partial charge in [0, 0.05) is 41.4 Å². The zero-order valence-electron chi connectivity index (χ0n) is 19.9. The molecule has 1 N–H and O–H groups in total. The van der Waals surface area contributed by atoms with E-state index in [0.717, 1.165) is 53.1 Å². The first-order chi connectivity index (χ1) is 16.9. The molecule has 180 valence electrons. The standard InChI is InChI=1S/C29H29NO5/c1-18-21-13-23-24(19-7-3-2-4-8-19)17-34-25(23)15-26(21)35-28(32)22(18)14-27(31)30-12-11-29(33)10-6-5-9-20(29)16-30/h2-4,7-8,13,15,17,20,33H,5-6,9-12,14,16H2,1H3/t20-,29-/m1/s1. The predicted molar refractivity (Wildman–Crippen MR) is 134 cm³/mol. The van der Waals surface area contributed by atoms with Crippen molar-refractivity contribution in [3.63, 3.8) is 0 Å². The second-order valence-corrected chi connectivity index (χ2v) is 10.2. The molecule has 1 saturated carbocycles. The van der Waals surface area contributed by atoms with Gasteiger partial charge in [-0.25, -0.2) is 4.79 Å². The summed E-state index contributed by atoms with van der Waals surface area (Å²) in [4.78, 5) is 28.0. The molecule has 6 nitrogen and oxygen atoms in total. The molecule has 3 heterocycles. The lowest BCUT2D eigenvalue weighted by Gasteiger charge is -2.47. The monoisotopic (exact) mass is 471 g/mol. The van der Waals surface area contributed by atoms with Crippen LogP contribution < -0.4 is 5.63 Å². The number of amides is 1. The van der Waals surface area contributed by atoms with Crippen molar-refractivity contribution in [2.75, 3.05) is 13.1 Å². The van der Waals surface area contributed by atoms with Crippen LogP contribution in [0.4, 0.5) is 0 Å². The maximum Gasteiger partial charge on any atom is 0.340 e. The number of hydrogen-bond donors (Lipinski definition) is 1. The fourth-order valence-electron chi connectivity index (χ4n) is 6.02. The molecule has 2 aromatic carbocycles. The SMILES string of the molecule is Cc1c(CC(=O)N2CC[C@]3(O)CCCC[C@@H]3C2)c(=O)oc2cc3occ(-c4ccccc4)c3cc12. The van der Waals surface area contributed by atoms with Crippen molar-refractivity contribution in [3.8, 4) is 11.1 Å². The summed E-state index contributed by atoms with van der Waals surface area (Å²) in [5.74, 6) is 0.0376. The molecule has 0 radical (unpaired) electrons. The lowest BCUT2D eigenvalue weighted by atomic mass is 9.71. The van der Waals surface area contributed by atoms with Crippen molar-refractivity contribution in [1.29, 1.82) is 0 Å². The minimum atomic E-state index is -0.640. The molecule has 35 heavy (non-hydrogen) atoms. The van der Waals surface area contributed by atoms with E-state index < -0.39 is 11.2 Å². The largest absolute Gasteiger partial charge is 0.464 e. The van der Waals surface area contributed by atoms with Crippen LogP contribution in [0.5, 0.6) is 0 Å². The minimum Gasteiger partial charge on any atom is -0.464 e. The van der Waals surface area contributed by atoms with Crippen LogP contribution in [0, 0.1) is 12.8 Å². The first-order valence-corrected chi connectivity index (χ1v) is 12.5. The Morgan fingerprint density at radius 3 is 2.77 bits per heavy atom. The van der Waals surface area contributed by atoms with Gasteiger partial charge in [0.25, 0.3) is 0 Å². The van der Waals surface area contributed by atoms with Crippen LogP contribution in [-0.2, 0) is 11.2 Å². The zero-order chi connectivity index (χ0) is 24.2. The maximum atomic E-state index is 13.2. The van der Waals surface area contributed by atoms with Gasteiger partial charge >= 0.3 is 5.63 Å². The molecule has 0 spiro atoms. The number of carbonyl (C=O) groups is 1. The second kappa shape index (κ2) is 8.38. The van der Waals surface area contributed by atoms with Crippen LogP contribution in [0.15, 0.2) is 62.4 Å². The summed E-state index contributed by atoms with van der Waals surface area (Å²) in [5, 5.41) is 12.7. The molecule has 4 aromatic rings. The summed E-state index contributed by atoms with van der Waals surface area (Å²) in [6.45, 7) is 2.97. The third kappa shape index (κ3) is 3.76. The van der Waals surface area contributed by atoms with E-state index in [0.29, 0.717) is 36.2 Å². The molecule has 2 atom stereocenters. The number of nitrogens with zero attached hydrogens (tertiary/aromatic N) is 1. The van der Waals surface area contributed by atoms with Gasteiger partial charge < -0.3 is 18.8 Å². The fourth-order valence-corrected chi connectivity index (χ4v) is 6.02. The molecule has 0 unspecified atom stereocenters. The highest BCUT2D eigenvalue weighted by Crippen LogP contribution is 2.40. The molecular weight excluding hydrogens is 442 g/mol. The number of hydrogen-bond acceptors (Lipinski definition) is 5. The van der Waals surface area contributed by atoms with Crippen LogP contribution in [0.1, 0.15) is 43.2 Å². The number of piperidine rings is 1. The number of carbonyl (C=O) groups excluding carboxylic acids is 1. The molecule has 1 saturated heterocycles. The van der Waals surface area contributed by atoms with Crippen LogP contribution in [0.2, 0.25) is 0 Å². The molecule has 2 aromatic heterocycles. The Morgan fingerprint density at radius 2 is 1.94 bits per heavy atom. The van der Waals surface area contributed by atoms with E-state index in [1.807, 2.05) is 48.2 Å². The topological polar surface area (TPSA) is 83.9 Å². The Hall–Kier alpha value is -3.38. The summed E-state index contributed by atoms with van der Waals surface area (Å²) in [6.07, 6.45) is 6.24. The van der Waals surface area contributed by atoms with Gasteiger partial charge in [-0.1, -0.05) is 43.2 Å². The van der Waals surface area contributed by atoms with Crippen molar-refractivity contribution in [3.05, 3.63) is 70.3 Å². The van der Waals surface area contributed by atoms with E-state index in [-0.39, 0.29) is 18.2 Å². The third-order valence-electron chi connectivity index (χ3n) is 8.17. The van der Waals surface area contributed by atoms with Gasteiger partial charge in [0.2, 0.25) is 5.91 Å². The van der Waals surface area contributed by atoms with Gasteiger partial charge in [-0.3, -0.25) is 4.79 Å². The molecule has 2 fully saturated rings. The average molecular weight is 472 g/mol. The summed E-state index contributed by atoms with van der Waals surface area (Å²) >= 11 is 0. The molecule has 0 bridgehead atoms. The van der Waals surface area contributed by atoms with Crippen molar-refractivity contribution in [1.82, 2.24) is 4.90 Å². The first kappa shape index (κ1) is 22.1. The van der Waals surface area contributed by atoms with Gasteiger partial charge in [-0.05, 0) is 43.4 Å². The number of benzene rings is 2. The predicted octanol–water partition coefficient (Wildman–Crippen LogP) is 5.21. The van der Waals surface area contributed by atoms with E-state index in [9.17, 15) is 14.7 Å². The quantitative estimate of drug-likeness (QED) is 0.415. The fraction of sp³-hybridized carbons (Fsp3) is 0.379. The molecule has 2 aliphatic rings. The molecule has 6 rings (SSSR count). The highest BCUT2D eigenvalue weighted by atomic mass is 16.4. The van der Waals surface area contributed by atoms with E-state index in [2.05, 4.69) is 0 Å². The normalized spacial score (nSPS) is 22.5. The summed E-state index contributed by atoms with van der Waals surface area (Å²) in [7, 11) is 0. The number of furan rings is 1. The number of aryl methyl sites for hydroxylation is 1. The second-order valence-electron chi connectivity index (χ2n) is 10.2. The molecule has 1 amide bonds. The van der Waals surface area contributed by atoms with Crippen LogP contribution in [0.25, 0.3) is 33.1 Å². The Morgan fingerprint density at radius 1 is 1.11 bits per heavy atom. The first-order valence-electron chi connectivity index (χ1n) is 12.5. The highest BCUT2D eigenvalue weighted by molar-refractivity contribution is 6.02. The number of likely N-dealkylation sites (tertiary alicyclic amines) is 1. The van der Waals surface area contributed by atoms with Crippen molar-refractivity contribution in [2.45, 2.75) is 51.0 Å². The van der Waals surface area contributed by atoms with E-state index >= 15 is 0 Å². The van der Waals surface area contributed by atoms with Crippen LogP contribution >= 0.6 is 0 Å². The maximum absolute atomic E-state index is 13.2. The highest BCUT2D eigenvalue weighted by Gasteiger charge is 2.43. The van der Waals surface area contributed by atoms with Crippen LogP contribution in [0.3, 0.4) is 0 Å². The Labute approximate surface area is 203 Å². The average Bonchev–Trinajstić information content (AvgIpc) is 3.28. The van der Waals surface area contributed by atoms with Gasteiger partial charge in [-0.2, -0.15) is 0 Å². The van der Waals surface area contributed by atoms with E-state index in [1.54, 1.807) is 12.3 Å². The van der Waals surface area contributed by atoms with Crippen molar-refractivity contribution < 1.29 is 18.7 Å². The van der Waals surface area contributed by atoms with Gasteiger partial charge in [0.05, 0.1) is 23.8 Å². The molecule has 1 aliphatic heterocycles. The summed E-state index contributed by atoms with van der Waals surface area (Å²) in [6, 6.07) is 13.7. The number of rotatable bonds is 3. The molecular formula is C29H29NO5. The lowest BCUT2D eigenvalue weighted by Crippen LogP contribution is -2.55. The van der Waals surface area contributed by atoms with E-state index in [1.165, 1.54) is 0 Å². The van der Waals surface area contributed by atoms with Gasteiger partial charge in [0.1, 0.15) is 11.2 Å². The lowest BCUT2D eigenvalue weighted by molar-refractivity contribution is -0.142. The molecule has 1 aliphatic carbocycles. The summed E-state index contributed by atoms with van der Waals surface area (Å²) in [5.41, 5.74) is 3.16. The summed E-state index contributed by atoms with van der Waals surface area (Å²) < 4.78 is 11.4. The minimum absolute atomic E-state index is 0.00419.